The molecule has 2 aliphatic rings. The molecule has 9 heteroatoms. The van der Waals surface area contributed by atoms with Gasteiger partial charge in [0.2, 0.25) is 5.91 Å². The molecule has 0 radical (unpaired) electrons. The van der Waals surface area contributed by atoms with Crippen molar-refractivity contribution in [1.29, 1.82) is 0 Å². The highest BCUT2D eigenvalue weighted by Gasteiger charge is 2.37. The van der Waals surface area contributed by atoms with Crippen molar-refractivity contribution in [2.45, 2.75) is 26.7 Å². The number of rotatable bonds is 7. The summed E-state index contributed by atoms with van der Waals surface area (Å²) in [5.74, 6) is -0.633. The van der Waals surface area contributed by atoms with Gasteiger partial charge in [-0.2, -0.15) is 0 Å². The number of benzene rings is 2. The molecule has 4 amide bonds. The maximum Gasteiger partial charge on any atom is 0.294 e. The lowest BCUT2D eigenvalue weighted by Crippen LogP contribution is -2.40. The van der Waals surface area contributed by atoms with E-state index >= 15 is 0 Å². The van der Waals surface area contributed by atoms with Crippen molar-refractivity contribution < 1.29 is 23.9 Å². The lowest BCUT2D eigenvalue weighted by atomic mass is 10.1. The van der Waals surface area contributed by atoms with Gasteiger partial charge in [0.25, 0.3) is 17.1 Å². The Morgan fingerprint density at radius 3 is 2.54 bits per heavy atom. The van der Waals surface area contributed by atoms with Crippen LogP contribution in [0.25, 0.3) is 6.08 Å². The van der Waals surface area contributed by atoms with Crippen molar-refractivity contribution in [3.05, 3.63) is 64.1 Å². The summed E-state index contributed by atoms with van der Waals surface area (Å²) in [6, 6.07) is 12.6. The van der Waals surface area contributed by atoms with E-state index in [1.165, 1.54) is 0 Å². The number of anilines is 1. The van der Waals surface area contributed by atoms with E-state index in [0.29, 0.717) is 30.1 Å². The molecule has 1 N–H and O–H groups in total. The number of para-hydroxylation sites is 1. The second-order valence-electron chi connectivity index (χ2n) is 8.53. The summed E-state index contributed by atoms with van der Waals surface area (Å²) >= 11 is 0.791. The molecule has 0 saturated carbocycles. The fourth-order valence-corrected chi connectivity index (χ4v) is 4.70. The van der Waals surface area contributed by atoms with Gasteiger partial charge in [0.05, 0.1) is 4.91 Å². The average Bonchev–Trinajstić information content (AvgIpc) is 3.46. The summed E-state index contributed by atoms with van der Waals surface area (Å²) in [6.45, 7) is 4.82. The predicted molar refractivity (Wildman–Crippen MR) is 135 cm³/mol. The van der Waals surface area contributed by atoms with Crippen LogP contribution in [0.1, 0.15) is 29.5 Å². The topological polar surface area (TPSA) is 96.0 Å². The smallest absolute Gasteiger partial charge is 0.294 e. The number of carbonyl (C=O) groups excluding carboxylic acids is 4. The van der Waals surface area contributed by atoms with Gasteiger partial charge in [-0.3, -0.25) is 24.1 Å². The van der Waals surface area contributed by atoms with Crippen LogP contribution in [0.2, 0.25) is 0 Å². The minimum Gasteiger partial charge on any atom is -0.483 e. The Morgan fingerprint density at radius 2 is 1.80 bits per heavy atom. The van der Waals surface area contributed by atoms with Crippen LogP contribution >= 0.6 is 11.8 Å². The van der Waals surface area contributed by atoms with Gasteiger partial charge in [-0.15, -0.1) is 0 Å². The minimum absolute atomic E-state index is 0.208. The number of hydrogen-bond acceptors (Lipinski definition) is 6. The molecule has 35 heavy (non-hydrogen) atoms. The normalized spacial score (nSPS) is 16.8. The molecule has 0 unspecified atom stereocenters. The fraction of sp³-hybridized carbons (Fsp3) is 0.308. The molecule has 0 atom stereocenters. The monoisotopic (exact) mass is 493 g/mol. The van der Waals surface area contributed by atoms with E-state index in [1.807, 2.05) is 32.0 Å². The molecule has 182 valence electrons. The van der Waals surface area contributed by atoms with Gasteiger partial charge in [0.1, 0.15) is 12.3 Å². The summed E-state index contributed by atoms with van der Waals surface area (Å²) in [5, 5.41) is 2.34. The molecule has 2 aliphatic heterocycles. The lowest BCUT2D eigenvalue weighted by molar-refractivity contribution is -0.135. The van der Waals surface area contributed by atoms with Gasteiger partial charge in [-0.05, 0) is 73.9 Å². The van der Waals surface area contributed by atoms with E-state index < -0.39 is 11.1 Å². The van der Waals surface area contributed by atoms with Gasteiger partial charge < -0.3 is 15.0 Å². The highest BCUT2D eigenvalue weighted by molar-refractivity contribution is 8.18. The Kier molecular flexibility index (Phi) is 7.55. The maximum atomic E-state index is 12.8. The molecule has 0 aromatic heterocycles. The quantitative estimate of drug-likeness (QED) is 0.586. The van der Waals surface area contributed by atoms with E-state index in [4.69, 9.17) is 4.74 Å². The average molecular weight is 494 g/mol. The summed E-state index contributed by atoms with van der Waals surface area (Å²) in [6.07, 6.45) is 3.43. The second kappa shape index (κ2) is 10.8. The van der Waals surface area contributed by atoms with E-state index in [-0.39, 0.29) is 29.9 Å². The van der Waals surface area contributed by atoms with Crippen LogP contribution in [0.3, 0.4) is 0 Å². The molecule has 4 rings (SSSR count). The van der Waals surface area contributed by atoms with Gasteiger partial charge in [0.15, 0.2) is 6.61 Å². The Morgan fingerprint density at radius 1 is 1.06 bits per heavy atom. The Balaban J connectivity index is 1.40. The summed E-state index contributed by atoms with van der Waals surface area (Å²) in [5.41, 5.74) is 3.46. The standard InChI is InChI=1S/C26H27N3O5S/c1-17-9-10-20(13-18(17)2)27-23(30)16-34-21-8-4-3-7-19(21)14-22-25(32)29(26(33)35-22)15-24(31)28-11-5-6-12-28/h3-4,7-10,13-14H,5-6,11-12,15-16H2,1-2H3,(H,27,30)/b22-14-. The maximum absolute atomic E-state index is 12.8. The van der Waals surface area contributed by atoms with E-state index in [9.17, 15) is 19.2 Å². The van der Waals surface area contributed by atoms with Crippen LogP contribution in [-0.4, -0.2) is 59.0 Å². The number of aryl methyl sites for hydroxylation is 2. The number of likely N-dealkylation sites (tertiary alicyclic amines) is 1. The van der Waals surface area contributed by atoms with E-state index in [0.717, 1.165) is 40.6 Å². The fourth-order valence-electron chi connectivity index (χ4n) is 3.87. The van der Waals surface area contributed by atoms with E-state index in [1.54, 1.807) is 35.2 Å². The van der Waals surface area contributed by atoms with Gasteiger partial charge in [-0.25, -0.2) is 0 Å². The third-order valence-corrected chi connectivity index (χ3v) is 6.89. The number of hydrogen-bond donors (Lipinski definition) is 1. The Labute approximate surface area is 208 Å². The van der Waals surface area contributed by atoms with Crippen LogP contribution in [0.5, 0.6) is 5.75 Å². The molecule has 2 saturated heterocycles. The minimum atomic E-state index is -0.505. The molecule has 0 aliphatic carbocycles. The SMILES string of the molecule is Cc1ccc(NC(=O)COc2ccccc2/C=C2\SC(=O)N(CC(=O)N3CCCC3)C2=O)cc1C. The van der Waals surface area contributed by atoms with Gasteiger partial charge in [-0.1, -0.05) is 24.3 Å². The molecular formula is C26H27N3O5S. The third-order valence-electron chi connectivity index (χ3n) is 5.98. The van der Waals surface area contributed by atoms with Crippen molar-refractivity contribution in [1.82, 2.24) is 9.80 Å². The number of amides is 4. The van der Waals surface area contributed by atoms with Crippen molar-refractivity contribution in [2.75, 3.05) is 31.6 Å². The first-order valence-electron chi connectivity index (χ1n) is 11.4. The molecule has 8 nitrogen and oxygen atoms in total. The second-order valence-corrected chi connectivity index (χ2v) is 9.52. The van der Waals surface area contributed by atoms with Crippen LogP contribution in [0.4, 0.5) is 10.5 Å². The van der Waals surface area contributed by atoms with Crippen molar-refractivity contribution in [2.24, 2.45) is 0 Å². The van der Waals surface area contributed by atoms with Crippen LogP contribution in [0.15, 0.2) is 47.4 Å². The number of nitrogens with one attached hydrogen (secondary N) is 1. The molecule has 2 aromatic carbocycles. The first-order valence-corrected chi connectivity index (χ1v) is 12.3. The molecule has 2 heterocycles. The highest BCUT2D eigenvalue weighted by atomic mass is 32.2. The Hall–Kier alpha value is -3.59. The lowest BCUT2D eigenvalue weighted by Gasteiger charge is -2.18. The number of thioether (sulfide) groups is 1. The van der Waals surface area contributed by atoms with Gasteiger partial charge in [0, 0.05) is 24.3 Å². The first kappa shape index (κ1) is 24.5. The van der Waals surface area contributed by atoms with Crippen LogP contribution in [0, 0.1) is 13.8 Å². The number of ether oxygens (including phenoxy) is 1. The van der Waals surface area contributed by atoms with Crippen LogP contribution in [-0.2, 0) is 14.4 Å². The third kappa shape index (κ3) is 5.92. The molecule has 0 spiro atoms. The predicted octanol–water partition coefficient (Wildman–Crippen LogP) is 3.98. The van der Waals surface area contributed by atoms with Crippen molar-refractivity contribution in [3.8, 4) is 5.75 Å². The molecule has 0 bridgehead atoms. The number of carbonyl (C=O) groups is 4. The highest BCUT2D eigenvalue weighted by Crippen LogP contribution is 2.34. The first-order chi connectivity index (χ1) is 16.8. The molecular weight excluding hydrogens is 466 g/mol. The summed E-state index contributed by atoms with van der Waals surface area (Å²) < 4.78 is 5.72. The summed E-state index contributed by atoms with van der Waals surface area (Å²) in [4.78, 5) is 53.0. The largest absolute Gasteiger partial charge is 0.483 e. The van der Waals surface area contributed by atoms with E-state index in [2.05, 4.69) is 5.32 Å². The zero-order chi connectivity index (χ0) is 24.9. The zero-order valence-electron chi connectivity index (χ0n) is 19.7. The van der Waals surface area contributed by atoms with Gasteiger partial charge >= 0.3 is 0 Å². The molecule has 2 aromatic rings. The number of imide groups is 1. The van der Waals surface area contributed by atoms with Crippen LogP contribution < -0.4 is 10.1 Å². The molecule has 2 fully saturated rings. The number of nitrogens with zero attached hydrogens (tertiary/aromatic N) is 2. The van der Waals surface area contributed by atoms with Crippen molar-refractivity contribution >= 4 is 46.5 Å². The zero-order valence-corrected chi connectivity index (χ0v) is 20.5. The Bertz CT molecular complexity index is 1200. The summed E-state index contributed by atoms with van der Waals surface area (Å²) in [7, 11) is 0. The van der Waals surface area contributed by atoms with Crippen molar-refractivity contribution in [3.63, 3.8) is 0 Å².